The highest BCUT2D eigenvalue weighted by atomic mass is 79.9. The van der Waals surface area contributed by atoms with Gasteiger partial charge in [-0.15, -0.1) is 0 Å². The average Bonchev–Trinajstić information content (AvgIpc) is 2.48. The van der Waals surface area contributed by atoms with Crippen molar-refractivity contribution in [2.24, 2.45) is 0 Å². The van der Waals surface area contributed by atoms with Gasteiger partial charge in [-0.05, 0) is 58.2 Å². The van der Waals surface area contributed by atoms with Crippen LogP contribution in [0.4, 0.5) is 0 Å². The van der Waals surface area contributed by atoms with Crippen molar-refractivity contribution in [3.05, 3.63) is 56.5 Å². The molecule has 0 fully saturated rings. The van der Waals surface area contributed by atoms with E-state index in [2.05, 4.69) is 56.2 Å². The van der Waals surface area contributed by atoms with Crippen LogP contribution in [0.3, 0.4) is 0 Å². The van der Waals surface area contributed by atoms with Crippen LogP contribution in [0.2, 0.25) is 0 Å². The zero-order valence-corrected chi connectivity index (χ0v) is 15.0. The third-order valence-electron chi connectivity index (χ3n) is 3.29. The lowest BCUT2D eigenvalue weighted by Gasteiger charge is -2.15. The van der Waals surface area contributed by atoms with Gasteiger partial charge in [0.1, 0.15) is 0 Å². The first-order chi connectivity index (χ1) is 10.0. The van der Waals surface area contributed by atoms with Gasteiger partial charge >= 0.3 is 0 Å². The number of aromatic hydroxyl groups is 1. The molecule has 0 aliphatic heterocycles. The van der Waals surface area contributed by atoms with Crippen LogP contribution in [-0.2, 0) is 6.54 Å². The van der Waals surface area contributed by atoms with Gasteiger partial charge < -0.3 is 15.2 Å². The first-order valence-electron chi connectivity index (χ1n) is 6.55. The molecule has 112 valence electrons. The minimum absolute atomic E-state index is 0.127. The second-order valence-corrected chi connectivity index (χ2v) is 6.55. The van der Waals surface area contributed by atoms with E-state index in [4.69, 9.17) is 4.74 Å². The Kier molecular flexibility index (Phi) is 5.67. The van der Waals surface area contributed by atoms with Crippen LogP contribution < -0.4 is 10.1 Å². The molecule has 0 heterocycles. The van der Waals surface area contributed by atoms with Crippen LogP contribution in [-0.4, -0.2) is 12.2 Å². The molecule has 0 radical (unpaired) electrons. The van der Waals surface area contributed by atoms with E-state index in [0.717, 1.165) is 10.0 Å². The number of rotatable bonds is 5. The van der Waals surface area contributed by atoms with E-state index in [9.17, 15) is 5.11 Å². The number of nitrogens with one attached hydrogen (secondary N) is 1. The summed E-state index contributed by atoms with van der Waals surface area (Å²) >= 11 is 6.77. The van der Waals surface area contributed by atoms with Gasteiger partial charge in [-0.3, -0.25) is 0 Å². The minimum Gasteiger partial charge on any atom is -0.503 e. The standard InChI is InChI=1S/C16H17Br2NO2/c1-10(12-3-5-13(17)6-4-12)19-9-11-7-14(18)16(20)15(8-11)21-2/h3-8,10,19-20H,9H2,1-2H3. The topological polar surface area (TPSA) is 41.5 Å². The minimum atomic E-state index is 0.127. The van der Waals surface area contributed by atoms with E-state index >= 15 is 0 Å². The molecule has 2 aromatic rings. The van der Waals surface area contributed by atoms with Gasteiger partial charge in [0.05, 0.1) is 11.6 Å². The lowest BCUT2D eigenvalue weighted by molar-refractivity contribution is 0.371. The van der Waals surface area contributed by atoms with Crippen LogP contribution in [0, 0.1) is 0 Å². The molecule has 21 heavy (non-hydrogen) atoms. The number of phenols is 1. The maximum atomic E-state index is 9.81. The molecule has 1 unspecified atom stereocenters. The maximum absolute atomic E-state index is 9.81. The summed E-state index contributed by atoms with van der Waals surface area (Å²) in [5, 5.41) is 13.3. The van der Waals surface area contributed by atoms with Crippen molar-refractivity contribution in [1.82, 2.24) is 5.32 Å². The first-order valence-corrected chi connectivity index (χ1v) is 8.14. The summed E-state index contributed by atoms with van der Waals surface area (Å²) in [7, 11) is 1.54. The Morgan fingerprint density at radius 1 is 1.19 bits per heavy atom. The van der Waals surface area contributed by atoms with Crippen LogP contribution >= 0.6 is 31.9 Å². The maximum Gasteiger partial charge on any atom is 0.172 e. The van der Waals surface area contributed by atoms with E-state index in [-0.39, 0.29) is 11.8 Å². The van der Waals surface area contributed by atoms with Crippen molar-refractivity contribution in [2.75, 3.05) is 7.11 Å². The van der Waals surface area contributed by atoms with Crippen LogP contribution in [0.25, 0.3) is 0 Å². The van der Waals surface area contributed by atoms with Gasteiger partial charge in [0, 0.05) is 17.1 Å². The number of hydrogen-bond donors (Lipinski definition) is 2. The van der Waals surface area contributed by atoms with Gasteiger partial charge in [0.15, 0.2) is 11.5 Å². The van der Waals surface area contributed by atoms with Crippen LogP contribution in [0.15, 0.2) is 45.3 Å². The fourth-order valence-electron chi connectivity index (χ4n) is 2.03. The number of ether oxygens (including phenoxy) is 1. The number of benzene rings is 2. The van der Waals surface area contributed by atoms with Crippen molar-refractivity contribution in [1.29, 1.82) is 0 Å². The summed E-state index contributed by atoms with van der Waals surface area (Å²) in [6.07, 6.45) is 0. The second-order valence-electron chi connectivity index (χ2n) is 4.78. The molecule has 0 amide bonds. The summed E-state index contributed by atoms with van der Waals surface area (Å²) in [6.45, 7) is 2.81. The van der Waals surface area contributed by atoms with E-state index in [1.807, 2.05) is 24.3 Å². The highest BCUT2D eigenvalue weighted by molar-refractivity contribution is 9.10. The van der Waals surface area contributed by atoms with E-state index in [0.29, 0.717) is 16.8 Å². The molecule has 1 atom stereocenters. The van der Waals surface area contributed by atoms with Crippen molar-refractivity contribution in [2.45, 2.75) is 19.5 Å². The number of hydrogen-bond acceptors (Lipinski definition) is 3. The predicted molar refractivity (Wildman–Crippen MR) is 91.8 cm³/mol. The summed E-state index contributed by atoms with van der Waals surface area (Å²) in [5.74, 6) is 0.597. The summed E-state index contributed by atoms with van der Waals surface area (Å²) in [6, 6.07) is 12.2. The zero-order chi connectivity index (χ0) is 15.4. The zero-order valence-electron chi connectivity index (χ0n) is 11.9. The second kappa shape index (κ2) is 7.29. The monoisotopic (exact) mass is 413 g/mol. The molecule has 0 saturated carbocycles. The summed E-state index contributed by atoms with van der Waals surface area (Å²) < 4.78 is 6.87. The Hall–Kier alpha value is -1.04. The van der Waals surface area contributed by atoms with Gasteiger partial charge in [-0.1, -0.05) is 28.1 Å². The molecule has 0 saturated heterocycles. The molecule has 3 nitrogen and oxygen atoms in total. The quantitative estimate of drug-likeness (QED) is 0.739. The van der Waals surface area contributed by atoms with Crippen molar-refractivity contribution in [3.8, 4) is 11.5 Å². The Morgan fingerprint density at radius 3 is 2.48 bits per heavy atom. The van der Waals surface area contributed by atoms with E-state index in [1.54, 1.807) is 7.11 Å². The van der Waals surface area contributed by atoms with E-state index in [1.165, 1.54) is 5.56 Å². The molecule has 2 N–H and O–H groups in total. The number of halogens is 2. The van der Waals surface area contributed by atoms with Gasteiger partial charge in [-0.2, -0.15) is 0 Å². The van der Waals surface area contributed by atoms with Crippen LogP contribution in [0.5, 0.6) is 11.5 Å². The molecule has 5 heteroatoms. The Labute approximate surface area is 141 Å². The Bertz CT molecular complexity index is 614. The summed E-state index contributed by atoms with van der Waals surface area (Å²) in [5.41, 5.74) is 2.27. The lowest BCUT2D eigenvalue weighted by atomic mass is 10.1. The van der Waals surface area contributed by atoms with Crippen LogP contribution in [0.1, 0.15) is 24.1 Å². The molecule has 2 aromatic carbocycles. The van der Waals surface area contributed by atoms with Crippen molar-refractivity contribution < 1.29 is 9.84 Å². The lowest BCUT2D eigenvalue weighted by Crippen LogP contribution is -2.18. The molecule has 0 aromatic heterocycles. The SMILES string of the molecule is COc1cc(CNC(C)c2ccc(Br)cc2)cc(Br)c1O. The molecular weight excluding hydrogens is 398 g/mol. The van der Waals surface area contributed by atoms with Gasteiger partial charge in [-0.25, -0.2) is 0 Å². The Balaban J connectivity index is 2.05. The Morgan fingerprint density at radius 2 is 1.86 bits per heavy atom. The molecule has 0 spiro atoms. The molecular formula is C16H17Br2NO2. The summed E-state index contributed by atoms with van der Waals surface area (Å²) in [4.78, 5) is 0. The van der Waals surface area contributed by atoms with Crippen molar-refractivity contribution in [3.63, 3.8) is 0 Å². The fourth-order valence-corrected chi connectivity index (χ4v) is 2.78. The number of methoxy groups -OCH3 is 1. The number of phenolic OH excluding ortho intramolecular Hbond substituents is 1. The average molecular weight is 415 g/mol. The molecule has 0 aliphatic rings. The molecule has 0 bridgehead atoms. The normalized spacial score (nSPS) is 12.2. The first kappa shape index (κ1) is 16.3. The van der Waals surface area contributed by atoms with Gasteiger partial charge in [0.2, 0.25) is 0 Å². The van der Waals surface area contributed by atoms with Gasteiger partial charge in [0.25, 0.3) is 0 Å². The largest absolute Gasteiger partial charge is 0.503 e. The van der Waals surface area contributed by atoms with Crippen molar-refractivity contribution >= 4 is 31.9 Å². The molecule has 0 aliphatic carbocycles. The predicted octanol–water partition coefficient (Wildman–Crippen LogP) is 4.78. The van der Waals surface area contributed by atoms with E-state index < -0.39 is 0 Å². The fraction of sp³-hybridized carbons (Fsp3) is 0.250. The smallest absolute Gasteiger partial charge is 0.172 e. The highest BCUT2D eigenvalue weighted by Gasteiger charge is 2.10. The third kappa shape index (κ3) is 4.22. The third-order valence-corrected chi connectivity index (χ3v) is 4.42. The highest BCUT2D eigenvalue weighted by Crippen LogP contribution is 2.35. The molecule has 2 rings (SSSR count).